The van der Waals surface area contributed by atoms with Crippen LogP contribution in [0.5, 0.6) is 0 Å². The maximum Gasteiger partial charge on any atom is 0.0734 e. The Morgan fingerprint density at radius 1 is 0.727 bits per heavy atom. The van der Waals surface area contributed by atoms with Crippen molar-refractivity contribution in [3.8, 4) is 0 Å². The van der Waals surface area contributed by atoms with E-state index in [0.717, 1.165) is 39.3 Å². The average Bonchev–Trinajstić information content (AvgIpc) is 2.57. The van der Waals surface area contributed by atoms with E-state index in [0.29, 0.717) is 0 Å². The molecule has 0 radical (unpaired) electrons. The monoisotopic (exact) mass is 298 g/mol. The zero-order chi connectivity index (χ0) is 15.4. The van der Waals surface area contributed by atoms with E-state index in [9.17, 15) is 0 Å². The highest BCUT2D eigenvalue weighted by molar-refractivity contribution is 5.32. The van der Waals surface area contributed by atoms with Gasteiger partial charge in [0.25, 0.3) is 0 Å². The van der Waals surface area contributed by atoms with E-state index in [2.05, 4.69) is 23.8 Å². The van der Waals surface area contributed by atoms with Crippen molar-refractivity contribution in [2.24, 2.45) is 0 Å². The van der Waals surface area contributed by atoms with Crippen LogP contribution in [0.3, 0.4) is 0 Å². The fraction of sp³-hybridized carbons (Fsp3) is 0.444. The molecular formula is C18H22N2O2. The number of hydrogen-bond acceptors (Lipinski definition) is 4. The lowest BCUT2D eigenvalue weighted by Crippen LogP contribution is -2.11. The van der Waals surface area contributed by atoms with Gasteiger partial charge >= 0.3 is 0 Å². The third-order valence-electron chi connectivity index (χ3n) is 4.24. The van der Waals surface area contributed by atoms with E-state index >= 15 is 0 Å². The standard InChI is InChI=1S/2C9H11NO/c1-7-4-10-5-8-6-11-3-2-9(7)8;1-7-4-10-5-8-2-3-11-6-9(7)8/h2*4-5H,2-3,6H2,1H3. The Morgan fingerprint density at radius 3 is 2.09 bits per heavy atom. The Morgan fingerprint density at radius 2 is 1.36 bits per heavy atom. The maximum atomic E-state index is 5.35. The minimum atomic E-state index is 0.740. The summed E-state index contributed by atoms with van der Waals surface area (Å²) in [5.74, 6) is 0. The van der Waals surface area contributed by atoms with Crippen molar-refractivity contribution in [3.05, 3.63) is 58.2 Å². The minimum absolute atomic E-state index is 0.740. The molecule has 0 amide bonds. The Labute approximate surface area is 131 Å². The van der Waals surface area contributed by atoms with Gasteiger partial charge in [0.2, 0.25) is 0 Å². The Bertz CT molecular complexity index is 598. The first kappa shape index (κ1) is 15.1. The summed E-state index contributed by atoms with van der Waals surface area (Å²) in [6, 6.07) is 0. The van der Waals surface area contributed by atoms with Crippen LogP contribution in [-0.4, -0.2) is 23.2 Å². The lowest BCUT2D eigenvalue weighted by atomic mass is 10.0. The Balaban J connectivity index is 0.000000131. The molecule has 0 fully saturated rings. The summed E-state index contributed by atoms with van der Waals surface area (Å²) < 4.78 is 10.7. The molecule has 4 nitrogen and oxygen atoms in total. The molecule has 2 aromatic heterocycles. The first-order chi connectivity index (χ1) is 10.8. The van der Waals surface area contributed by atoms with Gasteiger partial charge in [0.15, 0.2) is 0 Å². The van der Waals surface area contributed by atoms with Crippen LogP contribution in [0.1, 0.15) is 33.4 Å². The van der Waals surface area contributed by atoms with Gasteiger partial charge in [-0.15, -0.1) is 0 Å². The summed E-state index contributed by atoms with van der Waals surface area (Å²) in [6.07, 6.45) is 9.73. The van der Waals surface area contributed by atoms with Gasteiger partial charge in [-0.3, -0.25) is 9.97 Å². The van der Waals surface area contributed by atoms with Crippen LogP contribution in [0.25, 0.3) is 0 Å². The molecule has 0 spiro atoms. The average molecular weight is 298 g/mol. The summed E-state index contributed by atoms with van der Waals surface area (Å²) in [5.41, 5.74) is 7.94. The van der Waals surface area contributed by atoms with Gasteiger partial charge in [-0.1, -0.05) is 0 Å². The van der Waals surface area contributed by atoms with Crippen LogP contribution < -0.4 is 0 Å². The van der Waals surface area contributed by atoms with E-state index in [-0.39, 0.29) is 0 Å². The van der Waals surface area contributed by atoms with Gasteiger partial charge in [-0.05, 0) is 60.1 Å². The van der Waals surface area contributed by atoms with Gasteiger partial charge in [-0.25, -0.2) is 0 Å². The second kappa shape index (κ2) is 6.99. The van der Waals surface area contributed by atoms with Gasteiger partial charge in [0.05, 0.1) is 26.4 Å². The van der Waals surface area contributed by atoms with Crippen LogP contribution in [0.4, 0.5) is 0 Å². The number of ether oxygens (including phenoxy) is 2. The molecule has 2 aliphatic rings. The summed E-state index contributed by atoms with van der Waals surface area (Å²) >= 11 is 0. The first-order valence-corrected chi connectivity index (χ1v) is 7.76. The highest BCUT2D eigenvalue weighted by atomic mass is 16.5. The molecule has 4 heteroatoms. The Kier molecular flexibility index (Phi) is 4.80. The highest BCUT2D eigenvalue weighted by Gasteiger charge is 2.11. The van der Waals surface area contributed by atoms with Crippen molar-refractivity contribution in [3.63, 3.8) is 0 Å². The maximum absolute atomic E-state index is 5.35. The molecule has 2 aromatic rings. The summed E-state index contributed by atoms with van der Waals surface area (Å²) in [5, 5.41) is 0. The van der Waals surface area contributed by atoms with Crippen LogP contribution in [0.15, 0.2) is 24.8 Å². The number of aryl methyl sites for hydroxylation is 2. The topological polar surface area (TPSA) is 44.2 Å². The lowest BCUT2D eigenvalue weighted by molar-refractivity contribution is 0.110. The van der Waals surface area contributed by atoms with Crippen molar-refractivity contribution >= 4 is 0 Å². The van der Waals surface area contributed by atoms with Crippen molar-refractivity contribution in [2.75, 3.05) is 13.2 Å². The summed E-state index contributed by atoms with van der Waals surface area (Å²) in [7, 11) is 0. The summed E-state index contributed by atoms with van der Waals surface area (Å²) in [4.78, 5) is 8.26. The molecule has 0 aromatic carbocycles. The third kappa shape index (κ3) is 3.34. The number of fused-ring (bicyclic) bond motifs is 2. The first-order valence-electron chi connectivity index (χ1n) is 7.76. The number of rotatable bonds is 0. The predicted molar refractivity (Wildman–Crippen MR) is 84.7 cm³/mol. The van der Waals surface area contributed by atoms with Gasteiger partial charge in [0, 0.05) is 24.8 Å². The molecule has 2 aliphatic heterocycles. The molecule has 0 saturated heterocycles. The van der Waals surface area contributed by atoms with Crippen molar-refractivity contribution in [1.29, 1.82) is 0 Å². The Hall–Kier alpha value is -1.78. The fourth-order valence-electron chi connectivity index (χ4n) is 2.91. The van der Waals surface area contributed by atoms with E-state index in [1.165, 1.54) is 33.4 Å². The lowest BCUT2D eigenvalue weighted by Gasteiger charge is -2.17. The zero-order valence-electron chi connectivity index (χ0n) is 13.3. The fourth-order valence-corrected chi connectivity index (χ4v) is 2.91. The molecule has 22 heavy (non-hydrogen) atoms. The van der Waals surface area contributed by atoms with Crippen LogP contribution in [0, 0.1) is 13.8 Å². The molecule has 0 saturated carbocycles. The molecule has 0 atom stereocenters. The second-order valence-corrected chi connectivity index (χ2v) is 5.79. The molecule has 4 rings (SSSR count). The smallest absolute Gasteiger partial charge is 0.0734 e. The van der Waals surface area contributed by atoms with Gasteiger partial charge in [0.1, 0.15) is 0 Å². The molecule has 0 bridgehead atoms. The molecule has 0 aliphatic carbocycles. The van der Waals surface area contributed by atoms with Gasteiger partial charge in [-0.2, -0.15) is 0 Å². The number of hydrogen-bond donors (Lipinski definition) is 0. The molecular weight excluding hydrogens is 276 g/mol. The van der Waals surface area contributed by atoms with E-state index in [4.69, 9.17) is 9.47 Å². The largest absolute Gasteiger partial charge is 0.376 e. The van der Waals surface area contributed by atoms with E-state index in [1.807, 2.05) is 24.8 Å². The van der Waals surface area contributed by atoms with Crippen LogP contribution in [0.2, 0.25) is 0 Å². The third-order valence-corrected chi connectivity index (χ3v) is 4.24. The van der Waals surface area contributed by atoms with Crippen LogP contribution >= 0.6 is 0 Å². The van der Waals surface area contributed by atoms with E-state index < -0.39 is 0 Å². The van der Waals surface area contributed by atoms with E-state index in [1.54, 1.807) is 0 Å². The van der Waals surface area contributed by atoms with Gasteiger partial charge < -0.3 is 9.47 Å². The van der Waals surface area contributed by atoms with Crippen molar-refractivity contribution in [2.45, 2.75) is 39.9 Å². The molecule has 116 valence electrons. The highest BCUT2D eigenvalue weighted by Crippen LogP contribution is 2.19. The molecule has 0 unspecified atom stereocenters. The van der Waals surface area contributed by atoms with Crippen molar-refractivity contribution in [1.82, 2.24) is 9.97 Å². The second-order valence-electron chi connectivity index (χ2n) is 5.79. The minimum Gasteiger partial charge on any atom is -0.376 e. The number of nitrogens with zero attached hydrogens (tertiary/aromatic N) is 2. The van der Waals surface area contributed by atoms with Crippen LogP contribution in [-0.2, 0) is 35.5 Å². The normalized spacial score (nSPS) is 16.1. The SMILES string of the molecule is Cc1cncc2c1CCOC2.Cc1cncc2c1COCC2. The summed E-state index contributed by atoms with van der Waals surface area (Å²) in [6.45, 7) is 7.40. The molecule has 0 N–H and O–H groups in total. The van der Waals surface area contributed by atoms with Crippen molar-refractivity contribution < 1.29 is 9.47 Å². The zero-order valence-corrected chi connectivity index (χ0v) is 13.3. The number of pyridine rings is 2. The molecule has 4 heterocycles. The predicted octanol–water partition coefficient (Wildman–Crippen LogP) is 2.93. The quantitative estimate of drug-likeness (QED) is 0.750. The number of aromatic nitrogens is 2.